The maximum Gasteiger partial charge on any atom is 0.0697 e. The molecule has 1 spiro atoms. The summed E-state index contributed by atoms with van der Waals surface area (Å²) in [6, 6.07) is 0.685. The number of rotatable bonds is 2. The van der Waals surface area contributed by atoms with Crippen molar-refractivity contribution < 1.29 is 4.74 Å². The van der Waals surface area contributed by atoms with E-state index in [4.69, 9.17) is 4.74 Å². The molecule has 0 amide bonds. The molecule has 0 radical (unpaired) electrons. The van der Waals surface area contributed by atoms with Crippen molar-refractivity contribution in [3.63, 3.8) is 0 Å². The molecule has 1 aliphatic heterocycles. The molecule has 0 aromatic heterocycles. The summed E-state index contributed by atoms with van der Waals surface area (Å²) in [7, 11) is 2.09. The highest BCUT2D eigenvalue weighted by Crippen LogP contribution is 2.42. The van der Waals surface area contributed by atoms with Crippen LogP contribution in [0.3, 0.4) is 0 Å². The van der Waals surface area contributed by atoms with Gasteiger partial charge >= 0.3 is 0 Å². The lowest BCUT2D eigenvalue weighted by Crippen LogP contribution is -2.48. The minimum Gasteiger partial charge on any atom is -0.375 e. The Bertz CT molecular complexity index is 219. The summed E-state index contributed by atoms with van der Waals surface area (Å²) in [6.07, 6.45) is 7.73. The summed E-state index contributed by atoms with van der Waals surface area (Å²) in [5, 5.41) is 3.43. The van der Waals surface area contributed by atoms with Crippen molar-refractivity contribution in [1.82, 2.24) is 5.32 Å². The number of nitrogens with one attached hydrogen (secondary N) is 1. The zero-order valence-corrected chi connectivity index (χ0v) is 11.1. The van der Waals surface area contributed by atoms with Crippen molar-refractivity contribution in [2.45, 2.75) is 64.0 Å². The second-order valence-electron chi connectivity index (χ2n) is 6.09. The average Bonchev–Trinajstić information content (AvgIpc) is 2.29. The number of hydrogen-bond acceptors (Lipinski definition) is 2. The fourth-order valence-electron chi connectivity index (χ4n) is 3.46. The van der Waals surface area contributed by atoms with Crippen molar-refractivity contribution in [1.29, 1.82) is 0 Å². The maximum atomic E-state index is 6.13. The monoisotopic (exact) mass is 225 g/mol. The summed E-state index contributed by atoms with van der Waals surface area (Å²) in [5.41, 5.74) is 0.233. The standard InChI is InChI=1S/C14H27NO/c1-11(2)12-4-7-14(8-5-12)10-13(15-3)6-9-16-14/h11-13,15H,4-10H2,1-3H3. The maximum absolute atomic E-state index is 6.13. The van der Waals surface area contributed by atoms with Gasteiger partial charge in [-0.15, -0.1) is 0 Å². The Morgan fingerprint density at radius 1 is 1.19 bits per heavy atom. The predicted molar refractivity (Wildman–Crippen MR) is 67.6 cm³/mol. The van der Waals surface area contributed by atoms with Gasteiger partial charge in [0.2, 0.25) is 0 Å². The van der Waals surface area contributed by atoms with E-state index in [2.05, 4.69) is 26.2 Å². The first kappa shape index (κ1) is 12.4. The quantitative estimate of drug-likeness (QED) is 0.780. The van der Waals surface area contributed by atoms with Crippen LogP contribution in [0.4, 0.5) is 0 Å². The topological polar surface area (TPSA) is 21.3 Å². The highest BCUT2D eigenvalue weighted by molar-refractivity contribution is 4.93. The lowest BCUT2D eigenvalue weighted by atomic mass is 9.71. The second kappa shape index (κ2) is 5.05. The Labute approximate surface area is 100 Å². The predicted octanol–water partition coefficient (Wildman–Crippen LogP) is 2.97. The molecule has 1 heterocycles. The second-order valence-corrected chi connectivity index (χ2v) is 6.09. The van der Waals surface area contributed by atoms with E-state index in [1.165, 1.54) is 38.5 Å². The lowest BCUT2D eigenvalue weighted by molar-refractivity contribution is -0.117. The fourth-order valence-corrected chi connectivity index (χ4v) is 3.46. The molecular formula is C14H27NO. The Balaban J connectivity index is 1.90. The van der Waals surface area contributed by atoms with E-state index in [0.717, 1.165) is 18.4 Å². The molecule has 2 aliphatic rings. The summed E-state index contributed by atoms with van der Waals surface area (Å²) in [6.45, 7) is 5.68. The van der Waals surface area contributed by atoms with Crippen LogP contribution in [-0.4, -0.2) is 25.3 Å². The number of hydrogen-bond donors (Lipinski definition) is 1. The Hall–Kier alpha value is -0.0800. The highest BCUT2D eigenvalue weighted by atomic mass is 16.5. The third-order valence-corrected chi connectivity index (χ3v) is 4.79. The third kappa shape index (κ3) is 2.60. The molecule has 2 nitrogen and oxygen atoms in total. The van der Waals surface area contributed by atoms with Gasteiger partial charge in [0.1, 0.15) is 0 Å². The molecule has 2 heteroatoms. The molecule has 0 aromatic carbocycles. The van der Waals surface area contributed by atoms with Crippen LogP contribution >= 0.6 is 0 Å². The van der Waals surface area contributed by atoms with Crippen LogP contribution in [0.1, 0.15) is 52.4 Å². The molecule has 1 saturated carbocycles. The van der Waals surface area contributed by atoms with Gasteiger partial charge in [-0.1, -0.05) is 13.8 Å². The first-order valence-electron chi connectivity index (χ1n) is 6.96. The minimum absolute atomic E-state index is 0.233. The molecule has 2 fully saturated rings. The van der Waals surface area contributed by atoms with E-state index in [0.29, 0.717) is 6.04 Å². The summed E-state index contributed by atoms with van der Waals surface area (Å²) in [4.78, 5) is 0. The van der Waals surface area contributed by atoms with Crippen LogP contribution in [0.25, 0.3) is 0 Å². The van der Waals surface area contributed by atoms with Crippen LogP contribution in [0.5, 0.6) is 0 Å². The summed E-state index contributed by atoms with van der Waals surface area (Å²) in [5.74, 6) is 1.78. The summed E-state index contributed by atoms with van der Waals surface area (Å²) >= 11 is 0. The Kier molecular flexibility index (Phi) is 3.91. The van der Waals surface area contributed by atoms with Gasteiger partial charge in [-0.05, 0) is 57.4 Å². The normalized spacial score (nSPS) is 40.5. The summed E-state index contributed by atoms with van der Waals surface area (Å²) < 4.78 is 6.13. The molecule has 94 valence electrons. The van der Waals surface area contributed by atoms with Gasteiger partial charge in [0, 0.05) is 12.6 Å². The highest BCUT2D eigenvalue weighted by Gasteiger charge is 2.40. The van der Waals surface area contributed by atoms with E-state index < -0.39 is 0 Å². The Morgan fingerprint density at radius 2 is 1.88 bits per heavy atom. The van der Waals surface area contributed by atoms with Crippen molar-refractivity contribution in [3.05, 3.63) is 0 Å². The van der Waals surface area contributed by atoms with E-state index in [9.17, 15) is 0 Å². The van der Waals surface area contributed by atoms with Gasteiger partial charge in [-0.25, -0.2) is 0 Å². The molecule has 1 saturated heterocycles. The van der Waals surface area contributed by atoms with Gasteiger partial charge in [-0.3, -0.25) is 0 Å². The Morgan fingerprint density at radius 3 is 2.44 bits per heavy atom. The molecule has 1 aliphatic carbocycles. The lowest BCUT2D eigenvalue weighted by Gasteiger charge is -2.46. The molecule has 1 unspecified atom stereocenters. The van der Waals surface area contributed by atoms with Crippen molar-refractivity contribution >= 4 is 0 Å². The zero-order valence-electron chi connectivity index (χ0n) is 11.1. The average molecular weight is 225 g/mol. The first-order chi connectivity index (χ1) is 7.65. The molecule has 0 aromatic rings. The molecule has 16 heavy (non-hydrogen) atoms. The smallest absolute Gasteiger partial charge is 0.0697 e. The fraction of sp³-hybridized carbons (Fsp3) is 1.00. The molecule has 0 bridgehead atoms. The van der Waals surface area contributed by atoms with E-state index in [1.807, 2.05) is 0 Å². The van der Waals surface area contributed by atoms with Crippen LogP contribution < -0.4 is 5.32 Å². The van der Waals surface area contributed by atoms with E-state index in [-0.39, 0.29) is 5.60 Å². The number of ether oxygens (including phenoxy) is 1. The van der Waals surface area contributed by atoms with E-state index in [1.54, 1.807) is 0 Å². The van der Waals surface area contributed by atoms with Crippen LogP contribution in [0.15, 0.2) is 0 Å². The van der Waals surface area contributed by atoms with Crippen LogP contribution in [0.2, 0.25) is 0 Å². The van der Waals surface area contributed by atoms with Crippen LogP contribution in [-0.2, 0) is 4.74 Å². The first-order valence-corrected chi connectivity index (χ1v) is 6.96. The van der Waals surface area contributed by atoms with Gasteiger partial charge < -0.3 is 10.1 Å². The largest absolute Gasteiger partial charge is 0.375 e. The van der Waals surface area contributed by atoms with Crippen molar-refractivity contribution in [2.24, 2.45) is 11.8 Å². The zero-order chi connectivity index (χ0) is 11.6. The minimum atomic E-state index is 0.233. The SMILES string of the molecule is CNC1CCOC2(CCC(C(C)C)CC2)C1. The van der Waals surface area contributed by atoms with Gasteiger partial charge in [0.25, 0.3) is 0 Å². The van der Waals surface area contributed by atoms with Gasteiger partial charge in [0.05, 0.1) is 5.60 Å². The third-order valence-electron chi connectivity index (χ3n) is 4.79. The molecule has 2 rings (SSSR count). The van der Waals surface area contributed by atoms with Crippen LogP contribution in [0, 0.1) is 11.8 Å². The molecule has 1 atom stereocenters. The molecular weight excluding hydrogens is 198 g/mol. The van der Waals surface area contributed by atoms with Gasteiger partial charge in [-0.2, -0.15) is 0 Å². The van der Waals surface area contributed by atoms with Crippen molar-refractivity contribution in [2.75, 3.05) is 13.7 Å². The molecule has 1 N–H and O–H groups in total. The van der Waals surface area contributed by atoms with Crippen molar-refractivity contribution in [3.8, 4) is 0 Å². The van der Waals surface area contributed by atoms with E-state index >= 15 is 0 Å². The van der Waals surface area contributed by atoms with Gasteiger partial charge in [0.15, 0.2) is 0 Å².